The van der Waals surface area contributed by atoms with Crippen LogP contribution in [0.5, 0.6) is 0 Å². The van der Waals surface area contributed by atoms with Gasteiger partial charge in [-0.2, -0.15) is 4.37 Å². The molecule has 0 aliphatic heterocycles. The van der Waals surface area contributed by atoms with E-state index < -0.39 is 5.41 Å². The van der Waals surface area contributed by atoms with Crippen LogP contribution in [0.15, 0.2) is 10.7 Å². The molecule has 0 fully saturated rings. The average molecular weight is 232 g/mol. The Balaban J connectivity index is 2.48. The second-order valence-corrected chi connectivity index (χ2v) is 5.37. The minimum atomic E-state index is -0.481. The first-order chi connectivity index (χ1) is 6.56. The molecule has 0 atom stereocenters. The molecular formula is C8H12N2O2S2. The van der Waals surface area contributed by atoms with Gasteiger partial charge in [0.2, 0.25) is 0 Å². The van der Waals surface area contributed by atoms with E-state index >= 15 is 0 Å². The van der Waals surface area contributed by atoms with E-state index in [2.05, 4.69) is 9.36 Å². The lowest BCUT2D eigenvalue weighted by atomic mass is 9.97. The number of aromatic nitrogens is 2. The second-order valence-electron chi connectivity index (χ2n) is 3.37. The third kappa shape index (κ3) is 2.95. The molecule has 0 saturated carbocycles. The van der Waals surface area contributed by atoms with Crippen LogP contribution in [-0.4, -0.2) is 28.2 Å². The Morgan fingerprint density at radius 1 is 1.71 bits per heavy atom. The molecule has 0 saturated heterocycles. The summed E-state index contributed by atoms with van der Waals surface area (Å²) in [5, 5.41) is 0. The number of methoxy groups -OCH3 is 1. The van der Waals surface area contributed by atoms with Gasteiger partial charge in [-0.05, 0) is 25.4 Å². The highest BCUT2D eigenvalue weighted by molar-refractivity contribution is 8.00. The molecule has 6 heteroatoms. The molecule has 0 amide bonds. The predicted octanol–water partition coefficient (Wildman–Crippen LogP) is 1.83. The van der Waals surface area contributed by atoms with E-state index in [-0.39, 0.29) is 5.97 Å². The zero-order valence-electron chi connectivity index (χ0n) is 8.31. The summed E-state index contributed by atoms with van der Waals surface area (Å²) in [5.41, 5.74) is -0.481. The number of carbonyl (C=O) groups is 1. The number of ether oxygens (including phenoxy) is 1. The highest BCUT2D eigenvalue weighted by Gasteiger charge is 2.29. The van der Waals surface area contributed by atoms with Crippen molar-refractivity contribution in [3.63, 3.8) is 0 Å². The van der Waals surface area contributed by atoms with Crippen molar-refractivity contribution in [2.75, 3.05) is 12.9 Å². The molecule has 1 rings (SSSR count). The zero-order chi connectivity index (χ0) is 10.6. The van der Waals surface area contributed by atoms with Gasteiger partial charge in [-0.25, -0.2) is 4.98 Å². The van der Waals surface area contributed by atoms with Gasteiger partial charge in [0.1, 0.15) is 6.33 Å². The molecule has 0 aromatic carbocycles. The van der Waals surface area contributed by atoms with Crippen molar-refractivity contribution in [2.45, 2.75) is 18.2 Å². The Morgan fingerprint density at radius 2 is 2.43 bits per heavy atom. The number of carbonyl (C=O) groups excluding carboxylic acids is 1. The fourth-order valence-corrected chi connectivity index (χ4v) is 2.32. The van der Waals surface area contributed by atoms with Crippen molar-refractivity contribution in [1.82, 2.24) is 9.36 Å². The Hall–Kier alpha value is -0.620. The molecule has 0 spiro atoms. The van der Waals surface area contributed by atoms with E-state index in [1.54, 1.807) is 0 Å². The number of nitrogens with zero attached hydrogens (tertiary/aromatic N) is 2. The minimum absolute atomic E-state index is 0.200. The smallest absolute Gasteiger partial charge is 0.312 e. The molecule has 0 N–H and O–H groups in total. The van der Waals surface area contributed by atoms with Crippen LogP contribution in [0.4, 0.5) is 0 Å². The molecule has 1 heterocycles. The summed E-state index contributed by atoms with van der Waals surface area (Å²) in [6.45, 7) is 3.71. The maximum atomic E-state index is 11.3. The van der Waals surface area contributed by atoms with Crippen LogP contribution in [-0.2, 0) is 9.53 Å². The molecule has 0 radical (unpaired) electrons. The number of hydrogen-bond donors (Lipinski definition) is 0. The molecule has 14 heavy (non-hydrogen) atoms. The highest BCUT2D eigenvalue weighted by atomic mass is 32.2. The van der Waals surface area contributed by atoms with Crippen molar-refractivity contribution >= 4 is 29.3 Å². The number of thioether (sulfide) groups is 1. The molecule has 0 aliphatic carbocycles. The zero-order valence-corrected chi connectivity index (χ0v) is 9.94. The molecule has 0 bridgehead atoms. The van der Waals surface area contributed by atoms with Gasteiger partial charge >= 0.3 is 5.97 Å². The van der Waals surface area contributed by atoms with E-state index in [0.29, 0.717) is 5.75 Å². The van der Waals surface area contributed by atoms with Crippen LogP contribution < -0.4 is 0 Å². The van der Waals surface area contributed by atoms with E-state index in [9.17, 15) is 4.79 Å². The maximum absolute atomic E-state index is 11.3. The fraction of sp³-hybridized carbons (Fsp3) is 0.625. The van der Waals surface area contributed by atoms with Gasteiger partial charge in [-0.1, -0.05) is 11.8 Å². The molecule has 1 aromatic rings. The first-order valence-electron chi connectivity index (χ1n) is 4.04. The fourth-order valence-electron chi connectivity index (χ4n) is 0.804. The molecular weight excluding hydrogens is 220 g/mol. The van der Waals surface area contributed by atoms with Gasteiger partial charge in [-0.3, -0.25) is 4.79 Å². The summed E-state index contributed by atoms with van der Waals surface area (Å²) in [4.78, 5) is 15.3. The quantitative estimate of drug-likeness (QED) is 0.585. The third-order valence-corrected chi connectivity index (χ3v) is 3.89. The van der Waals surface area contributed by atoms with E-state index in [0.717, 1.165) is 4.34 Å². The largest absolute Gasteiger partial charge is 0.469 e. The van der Waals surface area contributed by atoms with Crippen LogP contribution in [0.3, 0.4) is 0 Å². The summed E-state index contributed by atoms with van der Waals surface area (Å²) in [5.74, 6) is 0.448. The van der Waals surface area contributed by atoms with Gasteiger partial charge in [-0.15, -0.1) is 0 Å². The van der Waals surface area contributed by atoms with Gasteiger partial charge in [0.15, 0.2) is 4.34 Å². The first kappa shape index (κ1) is 11.5. The summed E-state index contributed by atoms with van der Waals surface area (Å²) in [6, 6.07) is 0. The topological polar surface area (TPSA) is 52.1 Å². The minimum Gasteiger partial charge on any atom is -0.469 e. The Bertz CT molecular complexity index is 298. The third-order valence-electron chi connectivity index (χ3n) is 1.64. The van der Waals surface area contributed by atoms with Crippen molar-refractivity contribution in [3.8, 4) is 0 Å². The standard InChI is InChI=1S/C8H12N2O2S2/c1-8(2,6(11)12-3)4-13-7-9-5-10-14-7/h5H,4H2,1-3H3. The average Bonchev–Trinajstić information content (AvgIpc) is 2.66. The normalized spacial score (nSPS) is 11.4. The SMILES string of the molecule is COC(=O)C(C)(C)CSc1ncns1. The van der Waals surface area contributed by atoms with Gasteiger partial charge in [0.05, 0.1) is 12.5 Å². The van der Waals surface area contributed by atoms with E-state index in [4.69, 9.17) is 4.74 Å². The van der Waals surface area contributed by atoms with Crippen LogP contribution >= 0.6 is 23.3 Å². The van der Waals surface area contributed by atoms with Crippen molar-refractivity contribution in [2.24, 2.45) is 5.41 Å². The summed E-state index contributed by atoms with van der Waals surface area (Å²) in [6.07, 6.45) is 1.51. The lowest BCUT2D eigenvalue weighted by molar-refractivity contribution is -0.149. The maximum Gasteiger partial charge on any atom is 0.312 e. The monoisotopic (exact) mass is 232 g/mol. The molecule has 0 aliphatic rings. The molecule has 78 valence electrons. The number of hydrogen-bond acceptors (Lipinski definition) is 6. The summed E-state index contributed by atoms with van der Waals surface area (Å²) in [7, 11) is 1.40. The molecule has 4 nitrogen and oxygen atoms in total. The Kier molecular flexibility index (Phi) is 3.88. The molecule has 0 unspecified atom stereocenters. The Morgan fingerprint density at radius 3 is 2.93 bits per heavy atom. The highest BCUT2D eigenvalue weighted by Crippen LogP contribution is 2.28. The lowest BCUT2D eigenvalue weighted by Gasteiger charge is -2.19. The first-order valence-corrected chi connectivity index (χ1v) is 5.80. The van der Waals surface area contributed by atoms with Gasteiger partial charge in [0.25, 0.3) is 0 Å². The van der Waals surface area contributed by atoms with Crippen molar-refractivity contribution in [1.29, 1.82) is 0 Å². The van der Waals surface area contributed by atoms with Crippen LogP contribution in [0, 0.1) is 5.41 Å². The Labute approximate surface area is 91.2 Å². The second kappa shape index (κ2) is 4.75. The molecule has 1 aromatic heterocycles. The predicted molar refractivity (Wildman–Crippen MR) is 56.4 cm³/mol. The van der Waals surface area contributed by atoms with Gasteiger partial charge < -0.3 is 4.74 Å². The summed E-state index contributed by atoms with van der Waals surface area (Å²) < 4.78 is 9.46. The number of esters is 1. The van der Waals surface area contributed by atoms with Crippen molar-refractivity contribution in [3.05, 3.63) is 6.33 Å². The van der Waals surface area contributed by atoms with Crippen LogP contribution in [0.2, 0.25) is 0 Å². The van der Waals surface area contributed by atoms with E-state index in [1.807, 2.05) is 13.8 Å². The number of rotatable bonds is 4. The van der Waals surface area contributed by atoms with Crippen LogP contribution in [0.1, 0.15) is 13.8 Å². The lowest BCUT2D eigenvalue weighted by Crippen LogP contribution is -2.28. The van der Waals surface area contributed by atoms with Crippen molar-refractivity contribution < 1.29 is 9.53 Å². The van der Waals surface area contributed by atoms with E-state index in [1.165, 1.54) is 36.7 Å². The summed E-state index contributed by atoms with van der Waals surface area (Å²) >= 11 is 2.85. The van der Waals surface area contributed by atoms with Gasteiger partial charge in [0, 0.05) is 5.75 Å². The van der Waals surface area contributed by atoms with Crippen LogP contribution in [0.25, 0.3) is 0 Å².